The van der Waals surface area contributed by atoms with Crippen LogP contribution in [0.5, 0.6) is 0 Å². The van der Waals surface area contributed by atoms with Gasteiger partial charge in [0.15, 0.2) is 10.6 Å². The van der Waals surface area contributed by atoms with Crippen molar-refractivity contribution >= 4 is 23.2 Å². The second-order valence-electron chi connectivity index (χ2n) is 6.66. The van der Waals surface area contributed by atoms with Crippen molar-refractivity contribution in [2.75, 3.05) is 19.8 Å². The summed E-state index contributed by atoms with van der Waals surface area (Å²) >= 11 is 12.4. The molecule has 1 aromatic heterocycles. The molecule has 11 heteroatoms. The molecule has 3 rings (SSSR count). The number of hydrogen-bond acceptors (Lipinski definition) is 8. The minimum Gasteiger partial charge on any atom is -0.395 e. The topological polar surface area (TPSA) is 122 Å². The van der Waals surface area contributed by atoms with E-state index in [4.69, 9.17) is 32.7 Å². The zero-order valence-corrected chi connectivity index (χ0v) is 15.7. The molecule has 0 aromatic carbocycles. The summed E-state index contributed by atoms with van der Waals surface area (Å²) in [4.78, 5) is 0. The van der Waals surface area contributed by atoms with Crippen molar-refractivity contribution < 1.29 is 24.8 Å². The summed E-state index contributed by atoms with van der Waals surface area (Å²) in [5.41, 5.74) is 0.710. The zero-order valence-electron chi connectivity index (χ0n) is 14.2. The molecule has 1 aromatic rings. The Bertz CT molecular complexity index is 590. The van der Waals surface area contributed by atoms with E-state index in [9.17, 15) is 15.3 Å². The Hall–Kier alpha value is -0.520. The van der Waals surface area contributed by atoms with Gasteiger partial charge in [-0.2, -0.15) is 0 Å². The third-order valence-electron chi connectivity index (χ3n) is 4.67. The lowest BCUT2D eigenvalue weighted by Crippen LogP contribution is -2.40. The molecule has 3 heterocycles. The van der Waals surface area contributed by atoms with Gasteiger partial charge in [0.25, 0.3) is 0 Å². The quantitative estimate of drug-likeness (QED) is 0.431. The summed E-state index contributed by atoms with van der Waals surface area (Å²) in [7, 11) is 0. The molecule has 4 N–H and O–H groups in total. The van der Waals surface area contributed by atoms with Crippen molar-refractivity contribution in [3.63, 3.8) is 0 Å². The van der Waals surface area contributed by atoms with Crippen molar-refractivity contribution in [1.82, 2.24) is 20.3 Å². The number of alkyl halides is 2. The van der Waals surface area contributed by atoms with E-state index in [0.29, 0.717) is 38.3 Å². The van der Waals surface area contributed by atoms with Gasteiger partial charge in [-0.15, -0.1) is 5.10 Å². The maximum atomic E-state index is 10.0. The highest BCUT2D eigenvalue weighted by Gasteiger charge is 2.41. The maximum absolute atomic E-state index is 10.0. The average Bonchev–Trinajstić information content (AvgIpc) is 3.16. The fourth-order valence-corrected chi connectivity index (χ4v) is 3.71. The number of ether oxygens (including phenoxy) is 2. The van der Waals surface area contributed by atoms with Crippen LogP contribution in [0.15, 0.2) is 6.20 Å². The van der Waals surface area contributed by atoms with E-state index in [0.717, 1.165) is 6.42 Å². The number of aliphatic hydroxyl groups excluding tert-OH is 3. The van der Waals surface area contributed by atoms with Gasteiger partial charge >= 0.3 is 0 Å². The fourth-order valence-electron chi connectivity index (χ4n) is 3.19. The van der Waals surface area contributed by atoms with Gasteiger partial charge in [-0.25, -0.2) is 0 Å². The normalized spacial score (nSPS) is 34.3. The average molecular weight is 411 g/mol. The Balaban J connectivity index is 1.46. The SMILES string of the molecule is OC[C@H]1N[C@H](Cn2cc(CCOC3OCCCC3(Cl)Cl)nn2)[C@@H](O)[C@@H]1O. The predicted molar refractivity (Wildman–Crippen MR) is 92.9 cm³/mol. The fraction of sp³-hybridized carbons (Fsp3) is 0.867. The molecule has 0 amide bonds. The van der Waals surface area contributed by atoms with Gasteiger partial charge < -0.3 is 30.1 Å². The standard InChI is InChI=1S/C15H24Cl2N4O5/c16-15(17)3-1-4-25-14(15)26-5-2-9-6-21(20-19-9)7-10-12(23)13(24)11(8-22)18-10/h6,10-14,18,22-24H,1-5,7-8H2/t10-,11-,12-,13-,14?/m1/s1. The Morgan fingerprint density at radius 2 is 2.12 bits per heavy atom. The monoisotopic (exact) mass is 410 g/mol. The van der Waals surface area contributed by atoms with Gasteiger partial charge in [0.1, 0.15) is 0 Å². The molecule has 9 nitrogen and oxygen atoms in total. The second-order valence-corrected chi connectivity index (χ2v) is 8.21. The van der Waals surface area contributed by atoms with Crippen LogP contribution in [-0.2, 0) is 22.4 Å². The molecular formula is C15H24Cl2N4O5. The van der Waals surface area contributed by atoms with Crippen molar-refractivity contribution in [1.29, 1.82) is 0 Å². The lowest BCUT2D eigenvalue weighted by Gasteiger charge is -2.33. The highest BCUT2D eigenvalue weighted by molar-refractivity contribution is 6.48. The van der Waals surface area contributed by atoms with E-state index in [2.05, 4.69) is 15.6 Å². The minimum atomic E-state index is -1.04. The maximum Gasteiger partial charge on any atom is 0.190 e. The smallest absolute Gasteiger partial charge is 0.190 e. The largest absolute Gasteiger partial charge is 0.395 e. The first-order valence-corrected chi connectivity index (χ1v) is 9.39. The molecule has 2 aliphatic rings. The van der Waals surface area contributed by atoms with Gasteiger partial charge in [0.05, 0.1) is 49.7 Å². The molecule has 148 valence electrons. The van der Waals surface area contributed by atoms with E-state index in [1.807, 2.05) is 0 Å². The summed E-state index contributed by atoms with van der Waals surface area (Å²) < 4.78 is 11.6. The first-order chi connectivity index (χ1) is 12.4. The number of aliphatic hydroxyl groups is 3. The van der Waals surface area contributed by atoms with Crippen LogP contribution in [0.3, 0.4) is 0 Å². The summed E-state index contributed by atoms with van der Waals surface area (Å²) in [6, 6.07) is -0.968. The van der Waals surface area contributed by atoms with Crippen molar-refractivity contribution in [3.8, 4) is 0 Å². The van der Waals surface area contributed by atoms with Crippen molar-refractivity contribution in [2.45, 2.75) is 60.7 Å². The van der Waals surface area contributed by atoms with Crippen molar-refractivity contribution in [3.05, 3.63) is 11.9 Å². The molecule has 0 spiro atoms. The number of hydrogen-bond donors (Lipinski definition) is 4. The number of nitrogens with one attached hydrogen (secondary N) is 1. The summed E-state index contributed by atoms with van der Waals surface area (Å²) in [5, 5.41) is 40.1. The van der Waals surface area contributed by atoms with Crippen LogP contribution in [0.1, 0.15) is 18.5 Å². The highest BCUT2D eigenvalue weighted by atomic mass is 35.5. The Morgan fingerprint density at radius 3 is 2.81 bits per heavy atom. The highest BCUT2D eigenvalue weighted by Crippen LogP contribution is 2.36. The molecule has 2 fully saturated rings. The van der Waals surface area contributed by atoms with Crippen LogP contribution in [0.2, 0.25) is 0 Å². The number of halogens is 2. The summed E-state index contributed by atoms with van der Waals surface area (Å²) in [5.74, 6) is 0. The molecule has 0 radical (unpaired) electrons. The van der Waals surface area contributed by atoms with Gasteiger partial charge in [0, 0.05) is 19.2 Å². The van der Waals surface area contributed by atoms with E-state index < -0.39 is 34.9 Å². The molecule has 2 saturated heterocycles. The Morgan fingerprint density at radius 1 is 1.35 bits per heavy atom. The van der Waals surface area contributed by atoms with E-state index >= 15 is 0 Å². The number of nitrogens with zero attached hydrogens (tertiary/aromatic N) is 3. The molecule has 2 aliphatic heterocycles. The third-order valence-corrected chi connectivity index (χ3v) is 5.40. The van der Waals surface area contributed by atoms with Gasteiger partial charge in [-0.1, -0.05) is 28.4 Å². The molecule has 26 heavy (non-hydrogen) atoms. The Labute approximate surface area is 161 Å². The lowest BCUT2D eigenvalue weighted by atomic mass is 10.1. The van der Waals surface area contributed by atoms with E-state index in [1.165, 1.54) is 0 Å². The molecular weight excluding hydrogens is 387 g/mol. The van der Waals surface area contributed by atoms with Crippen LogP contribution < -0.4 is 5.32 Å². The first-order valence-electron chi connectivity index (χ1n) is 8.64. The molecule has 0 bridgehead atoms. The van der Waals surface area contributed by atoms with Crippen LogP contribution in [0.4, 0.5) is 0 Å². The Kier molecular flexibility index (Phi) is 6.73. The van der Waals surface area contributed by atoms with Gasteiger partial charge in [-0.3, -0.25) is 4.68 Å². The zero-order chi connectivity index (χ0) is 18.7. The minimum absolute atomic E-state index is 0.249. The molecule has 1 unspecified atom stereocenters. The van der Waals surface area contributed by atoms with E-state index in [-0.39, 0.29) is 6.61 Å². The predicted octanol–water partition coefficient (Wildman–Crippen LogP) is -0.798. The van der Waals surface area contributed by atoms with Crippen LogP contribution in [0, 0.1) is 0 Å². The number of aromatic nitrogens is 3. The van der Waals surface area contributed by atoms with E-state index in [1.54, 1.807) is 10.9 Å². The summed E-state index contributed by atoms with van der Waals surface area (Å²) in [6.45, 7) is 0.973. The molecule has 0 saturated carbocycles. The van der Waals surface area contributed by atoms with Crippen LogP contribution in [-0.4, -0.2) is 85.0 Å². The molecule has 5 atom stereocenters. The van der Waals surface area contributed by atoms with Gasteiger partial charge in [-0.05, 0) is 12.8 Å². The van der Waals surface area contributed by atoms with Crippen LogP contribution >= 0.6 is 23.2 Å². The molecule has 0 aliphatic carbocycles. The second kappa shape index (κ2) is 8.66. The third kappa shape index (κ3) is 4.66. The summed E-state index contributed by atoms with van der Waals surface area (Å²) in [6.07, 6.45) is 1.02. The number of rotatable bonds is 7. The van der Waals surface area contributed by atoms with Gasteiger partial charge in [0.2, 0.25) is 0 Å². The lowest BCUT2D eigenvalue weighted by molar-refractivity contribution is -0.167. The first kappa shape index (κ1) is 20.2. The van der Waals surface area contributed by atoms with Crippen LogP contribution in [0.25, 0.3) is 0 Å². The van der Waals surface area contributed by atoms with Crippen molar-refractivity contribution in [2.24, 2.45) is 0 Å².